The summed E-state index contributed by atoms with van der Waals surface area (Å²) in [6.07, 6.45) is 4.15. The number of halogens is 1. The number of alkyl halides is 1. The lowest BCUT2D eigenvalue weighted by atomic mass is 10.0. The summed E-state index contributed by atoms with van der Waals surface area (Å²) in [5.74, 6) is -0.179. The summed E-state index contributed by atoms with van der Waals surface area (Å²) < 4.78 is 11.8. The van der Waals surface area contributed by atoms with E-state index in [1.54, 1.807) is 24.0 Å². The van der Waals surface area contributed by atoms with Crippen molar-refractivity contribution in [3.8, 4) is 5.88 Å². The minimum atomic E-state index is -0.439. The van der Waals surface area contributed by atoms with Gasteiger partial charge < -0.3 is 9.47 Å². The van der Waals surface area contributed by atoms with Gasteiger partial charge in [0.25, 0.3) is 0 Å². The number of hydrogen-bond acceptors (Lipinski definition) is 5. The van der Waals surface area contributed by atoms with Crippen molar-refractivity contribution in [1.29, 1.82) is 0 Å². The van der Waals surface area contributed by atoms with Gasteiger partial charge in [0.05, 0.1) is 31.3 Å². The quantitative estimate of drug-likeness (QED) is 0.616. The number of benzene rings is 1. The van der Waals surface area contributed by atoms with Crippen molar-refractivity contribution in [2.45, 2.75) is 25.3 Å². The highest BCUT2D eigenvalue weighted by molar-refractivity contribution is 6.28. The molecule has 0 spiro atoms. The van der Waals surface area contributed by atoms with E-state index in [-0.39, 0.29) is 11.3 Å². The maximum Gasteiger partial charge on any atom is 0.345 e. The number of aromatic nitrogens is 2. The van der Waals surface area contributed by atoms with Crippen molar-refractivity contribution in [2.24, 2.45) is 4.99 Å². The number of methoxy groups -OCH3 is 1. The first-order valence-electron chi connectivity index (χ1n) is 7.69. The Labute approximate surface area is 145 Å². The van der Waals surface area contributed by atoms with Crippen molar-refractivity contribution >= 4 is 29.5 Å². The Hall–Kier alpha value is -2.34. The Morgan fingerprint density at radius 1 is 1.46 bits per heavy atom. The molecule has 1 unspecified atom stereocenters. The number of carbonyl (C=O) groups excluding carboxylic acids is 1. The largest absolute Gasteiger partial charge is 0.479 e. The second-order valence-corrected chi connectivity index (χ2v) is 5.99. The lowest BCUT2D eigenvalue weighted by Crippen LogP contribution is -2.10. The van der Waals surface area contributed by atoms with E-state index >= 15 is 0 Å². The molecule has 0 N–H and O–H groups in total. The maximum absolute atomic E-state index is 11.9. The van der Waals surface area contributed by atoms with Gasteiger partial charge in [-0.1, -0.05) is 12.1 Å². The van der Waals surface area contributed by atoms with Crippen molar-refractivity contribution in [3.05, 3.63) is 41.1 Å². The fourth-order valence-corrected chi connectivity index (χ4v) is 2.84. The summed E-state index contributed by atoms with van der Waals surface area (Å²) in [6, 6.07) is 6.03. The summed E-state index contributed by atoms with van der Waals surface area (Å²) in [4.78, 5) is 16.3. The molecular weight excluding hydrogens is 330 g/mol. The van der Waals surface area contributed by atoms with E-state index in [1.807, 2.05) is 12.1 Å². The van der Waals surface area contributed by atoms with Gasteiger partial charge in [-0.15, -0.1) is 16.7 Å². The molecule has 0 radical (unpaired) electrons. The van der Waals surface area contributed by atoms with Crippen LogP contribution in [0.3, 0.4) is 0 Å². The molecule has 2 aromatic rings. The zero-order valence-corrected chi connectivity index (χ0v) is 14.3. The van der Waals surface area contributed by atoms with E-state index < -0.39 is 5.97 Å². The van der Waals surface area contributed by atoms with Crippen molar-refractivity contribution < 1.29 is 14.3 Å². The van der Waals surface area contributed by atoms with Crippen LogP contribution in [0.5, 0.6) is 5.88 Å². The summed E-state index contributed by atoms with van der Waals surface area (Å²) in [7, 11) is 1.48. The molecule has 1 aromatic heterocycles. The molecule has 0 bridgehead atoms. The van der Waals surface area contributed by atoms with Gasteiger partial charge in [0.15, 0.2) is 0 Å². The predicted octanol–water partition coefficient (Wildman–Crippen LogP) is 2.98. The average molecular weight is 348 g/mol. The molecule has 1 aliphatic heterocycles. The van der Waals surface area contributed by atoms with E-state index in [0.29, 0.717) is 18.7 Å². The van der Waals surface area contributed by atoms with Crippen molar-refractivity contribution in [1.82, 2.24) is 9.78 Å². The smallest absolute Gasteiger partial charge is 0.345 e. The van der Waals surface area contributed by atoms with Crippen LogP contribution in [0.25, 0.3) is 0 Å². The Morgan fingerprint density at radius 2 is 2.29 bits per heavy atom. The van der Waals surface area contributed by atoms with E-state index in [4.69, 9.17) is 21.1 Å². The summed E-state index contributed by atoms with van der Waals surface area (Å²) >= 11 is 6.13. The number of fused-ring (bicyclic) bond motifs is 1. The molecule has 1 aliphatic rings. The fourth-order valence-electron chi connectivity index (χ4n) is 2.62. The van der Waals surface area contributed by atoms with E-state index in [2.05, 4.69) is 16.2 Å². The molecule has 0 fully saturated rings. The Balaban J connectivity index is 1.83. The minimum absolute atomic E-state index is 0.0760. The molecule has 0 amide bonds. The third-order valence-corrected chi connectivity index (χ3v) is 3.96. The number of ether oxygens (including phenoxy) is 2. The number of carbonyl (C=O) groups is 1. The molecule has 0 aliphatic carbocycles. The van der Waals surface area contributed by atoms with Crippen LogP contribution in [0.4, 0.5) is 5.69 Å². The monoisotopic (exact) mass is 347 g/mol. The lowest BCUT2D eigenvalue weighted by Gasteiger charge is -2.14. The molecule has 1 atom stereocenters. The summed E-state index contributed by atoms with van der Waals surface area (Å²) in [6.45, 7) is 2.58. The van der Waals surface area contributed by atoms with E-state index in [9.17, 15) is 4.79 Å². The molecule has 0 saturated carbocycles. The highest BCUT2D eigenvalue weighted by Gasteiger charge is 2.19. The first kappa shape index (κ1) is 16.5. The number of hydrogen-bond donors (Lipinski definition) is 0. The lowest BCUT2D eigenvalue weighted by molar-refractivity contribution is 0.0522. The number of aliphatic imine (C=N–C) groups is 1. The zero-order chi connectivity index (χ0) is 17.1. The van der Waals surface area contributed by atoms with Crippen LogP contribution in [-0.4, -0.2) is 41.1 Å². The zero-order valence-electron chi connectivity index (χ0n) is 13.5. The minimum Gasteiger partial charge on any atom is -0.479 e. The van der Waals surface area contributed by atoms with E-state index in [0.717, 1.165) is 23.2 Å². The normalized spacial score (nSPS) is 15.9. The molecule has 2 heterocycles. The number of esters is 1. The van der Waals surface area contributed by atoms with Gasteiger partial charge in [0, 0.05) is 12.4 Å². The molecule has 1 aromatic carbocycles. The third kappa shape index (κ3) is 3.43. The highest BCUT2D eigenvalue weighted by Crippen LogP contribution is 2.27. The van der Waals surface area contributed by atoms with Crippen LogP contribution >= 0.6 is 11.6 Å². The average Bonchev–Trinajstić information content (AvgIpc) is 2.97. The number of rotatable bonds is 5. The molecule has 126 valence electrons. The SMILES string of the molecule is CCOC(=O)c1cn(Cc2ccc3c(c2)CC(Cl)C=N3)nc1OC. The summed E-state index contributed by atoms with van der Waals surface area (Å²) in [5.41, 5.74) is 3.43. The second-order valence-electron chi connectivity index (χ2n) is 5.43. The summed E-state index contributed by atoms with van der Waals surface area (Å²) in [5, 5.41) is 4.22. The van der Waals surface area contributed by atoms with Crippen molar-refractivity contribution in [3.63, 3.8) is 0 Å². The first-order valence-corrected chi connectivity index (χ1v) is 8.13. The van der Waals surface area contributed by atoms with Crippen LogP contribution in [0.1, 0.15) is 28.4 Å². The van der Waals surface area contributed by atoms with Crippen molar-refractivity contribution in [2.75, 3.05) is 13.7 Å². The predicted molar refractivity (Wildman–Crippen MR) is 91.8 cm³/mol. The van der Waals surface area contributed by atoms with Crippen LogP contribution in [0.2, 0.25) is 0 Å². The van der Waals surface area contributed by atoms with Gasteiger partial charge in [-0.25, -0.2) is 4.79 Å². The fraction of sp³-hybridized carbons (Fsp3) is 0.353. The third-order valence-electron chi connectivity index (χ3n) is 3.70. The van der Waals surface area contributed by atoms with Gasteiger partial charge in [-0.2, -0.15) is 0 Å². The maximum atomic E-state index is 11.9. The van der Waals surface area contributed by atoms with Gasteiger partial charge in [-0.05, 0) is 30.5 Å². The number of nitrogens with zero attached hydrogens (tertiary/aromatic N) is 3. The van der Waals surface area contributed by atoms with Gasteiger partial charge >= 0.3 is 5.97 Å². The first-order chi connectivity index (χ1) is 11.6. The molecule has 24 heavy (non-hydrogen) atoms. The van der Waals surface area contributed by atoms with Gasteiger partial charge in [0.2, 0.25) is 5.88 Å². The topological polar surface area (TPSA) is 65.7 Å². The van der Waals surface area contributed by atoms with Gasteiger partial charge in [-0.3, -0.25) is 9.67 Å². The Bertz CT molecular complexity index is 785. The highest BCUT2D eigenvalue weighted by atomic mass is 35.5. The Kier molecular flexibility index (Phi) is 4.85. The molecule has 0 saturated heterocycles. The Morgan fingerprint density at radius 3 is 3.04 bits per heavy atom. The van der Waals surface area contributed by atoms with Crippen LogP contribution < -0.4 is 4.74 Å². The van der Waals surface area contributed by atoms with Crippen LogP contribution in [0, 0.1) is 0 Å². The van der Waals surface area contributed by atoms with Crippen LogP contribution in [-0.2, 0) is 17.7 Å². The molecule has 6 nitrogen and oxygen atoms in total. The second kappa shape index (κ2) is 7.05. The van der Waals surface area contributed by atoms with Gasteiger partial charge in [0.1, 0.15) is 5.56 Å². The van der Waals surface area contributed by atoms with Crippen LogP contribution in [0.15, 0.2) is 29.4 Å². The molecule has 7 heteroatoms. The molecular formula is C17H18ClN3O3. The standard InChI is InChI=1S/C17H18ClN3O3/c1-3-24-17(22)14-10-21(20-16(14)23-2)9-11-4-5-15-12(6-11)7-13(18)8-19-15/h4-6,8,10,13H,3,7,9H2,1-2H3. The van der Waals surface area contributed by atoms with E-state index in [1.165, 1.54) is 7.11 Å². The molecule has 3 rings (SSSR count).